The normalized spacial score (nSPS) is 10.9. The van der Waals surface area contributed by atoms with Crippen molar-refractivity contribution in [3.05, 3.63) is 42.0 Å². The standard InChI is InChI=1S/C14H18O2/c1-3-13(4-2)16-14(15)11-10-12-8-6-5-7-9-12/h5-11,13H,3-4H2,1-2H3/b11-10+. The number of rotatable bonds is 5. The molecule has 0 spiro atoms. The van der Waals surface area contributed by atoms with Crippen molar-refractivity contribution in [1.82, 2.24) is 0 Å². The van der Waals surface area contributed by atoms with Crippen molar-refractivity contribution in [3.63, 3.8) is 0 Å². The van der Waals surface area contributed by atoms with Gasteiger partial charge in [0.1, 0.15) is 6.10 Å². The van der Waals surface area contributed by atoms with E-state index in [0.717, 1.165) is 18.4 Å². The summed E-state index contributed by atoms with van der Waals surface area (Å²) in [6.07, 6.45) is 5.01. The first-order valence-electron chi connectivity index (χ1n) is 5.70. The maximum atomic E-state index is 11.4. The zero-order valence-corrected chi connectivity index (χ0v) is 9.85. The van der Waals surface area contributed by atoms with Gasteiger partial charge in [-0.3, -0.25) is 0 Å². The SMILES string of the molecule is CCC(CC)OC(=O)/C=C/c1ccccc1. The molecule has 0 saturated carbocycles. The second-order valence-corrected chi connectivity index (χ2v) is 3.62. The number of hydrogen-bond donors (Lipinski definition) is 0. The number of esters is 1. The summed E-state index contributed by atoms with van der Waals surface area (Å²) in [7, 11) is 0. The highest BCUT2D eigenvalue weighted by Gasteiger charge is 2.06. The molecule has 0 N–H and O–H groups in total. The highest BCUT2D eigenvalue weighted by atomic mass is 16.5. The first-order valence-corrected chi connectivity index (χ1v) is 5.70. The molecule has 0 aromatic heterocycles. The highest BCUT2D eigenvalue weighted by molar-refractivity contribution is 5.87. The van der Waals surface area contributed by atoms with E-state index in [4.69, 9.17) is 4.74 Å². The Hall–Kier alpha value is -1.57. The summed E-state index contributed by atoms with van der Waals surface area (Å²) < 4.78 is 5.24. The van der Waals surface area contributed by atoms with Crippen LogP contribution in [0.2, 0.25) is 0 Å². The van der Waals surface area contributed by atoms with Crippen molar-refractivity contribution in [2.75, 3.05) is 0 Å². The number of carbonyl (C=O) groups is 1. The van der Waals surface area contributed by atoms with Gasteiger partial charge in [-0.25, -0.2) is 4.79 Å². The Labute approximate surface area is 96.9 Å². The maximum absolute atomic E-state index is 11.4. The van der Waals surface area contributed by atoms with Crippen LogP contribution < -0.4 is 0 Å². The molecule has 86 valence electrons. The molecular formula is C14H18O2. The van der Waals surface area contributed by atoms with Crippen LogP contribution in [0.3, 0.4) is 0 Å². The summed E-state index contributed by atoms with van der Waals surface area (Å²) in [4.78, 5) is 11.4. The molecule has 1 aromatic carbocycles. The number of benzene rings is 1. The van der Waals surface area contributed by atoms with Gasteiger partial charge in [-0.05, 0) is 24.5 Å². The minimum Gasteiger partial charge on any atom is -0.459 e. The molecule has 0 aliphatic rings. The van der Waals surface area contributed by atoms with Crippen LogP contribution in [0.4, 0.5) is 0 Å². The molecule has 0 fully saturated rings. The fraction of sp³-hybridized carbons (Fsp3) is 0.357. The Morgan fingerprint density at radius 2 is 1.88 bits per heavy atom. The summed E-state index contributed by atoms with van der Waals surface area (Å²) in [5, 5.41) is 0. The lowest BCUT2D eigenvalue weighted by Gasteiger charge is -2.11. The molecule has 0 aliphatic heterocycles. The molecule has 16 heavy (non-hydrogen) atoms. The summed E-state index contributed by atoms with van der Waals surface area (Å²) in [5.74, 6) is -0.266. The molecule has 0 atom stereocenters. The molecule has 2 heteroatoms. The number of carbonyl (C=O) groups excluding carboxylic acids is 1. The number of ether oxygens (including phenoxy) is 1. The molecule has 0 radical (unpaired) electrons. The van der Waals surface area contributed by atoms with Crippen molar-refractivity contribution >= 4 is 12.0 Å². The fourth-order valence-corrected chi connectivity index (χ4v) is 1.39. The van der Waals surface area contributed by atoms with E-state index in [1.54, 1.807) is 6.08 Å². The zero-order chi connectivity index (χ0) is 11.8. The van der Waals surface area contributed by atoms with E-state index >= 15 is 0 Å². The van der Waals surface area contributed by atoms with Crippen LogP contribution in [-0.2, 0) is 9.53 Å². The van der Waals surface area contributed by atoms with Gasteiger partial charge < -0.3 is 4.74 Å². The molecule has 0 aliphatic carbocycles. The van der Waals surface area contributed by atoms with Gasteiger partial charge in [0.2, 0.25) is 0 Å². The fourth-order valence-electron chi connectivity index (χ4n) is 1.39. The van der Waals surface area contributed by atoms with Gasteiger partial charge in [-0.1, -0.05) is 44.2 Å². The van der Waals surface area contributed by atoms with Crippen LogP contribution in [0, 0.1) is 0 Å². The Kier molecular flexibility index (Phi) is 5.34. The van der Waals surface area contributed by atoms with Gasteiger partial charge in [0, 0.05) is 6.08 Å². The van der Waals surface area contributed by atoms with E-state index in [0.29, 0.717) is 0 Å². The van der Waals surface area contributed by atoms with Crippen LogP contribution in [0.5, 0.6) is 0 Å². The lowest BCUT2D eigenvalue weighted by Crippen LogP contribution is -2.14. The Morgan fingerprint density at radius 1 is 1.25 bits per heavy atom. The average Bonchev–Trinajstić information content (AvgIpc) is 2.34. The first kappa shape index (κ1) is 12.5. The van der Waals surface area contributed by atoms with Gasteiger partial charge >= 0.3 is 5.97 Å². The summed E-state index contributed by atoms with van der Waals surface area (Å²) >= 11 is 0. The van der Waals surface area contributed by atoms with E-state index in [1.807, 2.05) is 44.2 Å². The Balaban J connectivity index is 2.48. The predicted octanol–water partition coefficient (Wildman–Crippen LogP) is 3.43. The topological polar surface area (TPSA) is 26.3 Å². The second kappa shape index (κ2) is 6.83. The number of hydrogen-bond acceptors (Lipinski definition) is 2. The van der Waals surface area contributed by atoms with Gasteiger partial charge in [0.05, 0.1) is 0 Å². The Morgan fingerprint density at radius 3 is 2.44 bits per heavy atom. The lowest BCUT2D eigenvalue weighted by atomic mass is 10.2. The maximum Gasteiger partial charge on any atom is 0.331 e. The second-order valence-electron chi connectivity index (χ2n) is 3.62. The van der Waals surface area contributed by atoms with Crippen LogP contribution in [-0.4, -0.2) is 12.1 Å². The van der Waals surface area contributed by atoms with Crippen molar-refractivity contribution < 1.29 is 9.53 Å². The molecule has 0 amide bonds. The van der Waals surface area contributed by atoms with Crippen LogP contribution >= 0.6 is 0 Å². The van der Waals surface area contributed by atoms with Crippen LogP contribution in [0.1, 0.15) is 32.3 Å². The van der Waals surface area contributed by atoms with Crippen molar-refractivity contribution in [3.8, 4) is 0 Å². The summed E-state index contributed by atoms with van der Waals surface area (Å²) in [6.45, 7) is 4.03. The molecule has 1 rings (SSSR count). The van der Waals surface area contributed by atoms with Gasteiger partial charge in [0.15, 0.2) is 0 Å². The van der Waals surface area contributed by atoms with Crippen molar-refractivity contribution in [2.24, 2.45) is 0 Å². The van der Waals surface area contributed by atoms with Gasteiger partial charge in [-0.15, -0.1) is 0 Å². The van der Waals surface area contributed by atoms with Gasteiger partial charge in [0.25, 0.3) is 0 Å². The first-order chi connectivity index (χ1) is 7.76. The minimum absolute atomic E-state index is 0.0351. The zero-order valence-electron chi connectivity index (χ0n) is 9.85. The van der Waals surface area contributed by atoms with E-state index in [-0.39, 0.29) is 12.1 Å². The molecule has 0 saturated heterocycles. The monoisotopic (exact) mass is 218 g/mol. The Bertz CT molecular complexity index is 337. The minimum atomic E-state index is -0.266. The molecule has 2 nitrogen and oxygen atoms in total. The van der Waals surface area contributed by atoms with Gasteiger partial charge in [-0.2, -0.15) is 0 Å². The highest BCUT2D eigenvalue weighted by Crippen LogP contribution is 2.05. The smallest absolute Gasteiger partial charge is 0.331 e. The summed E-state index contributed by atoms with van der Waals surface area (Å²) in [5.41, 5.74) is 1.00. The van der Waals surface area contributed by atoms with E-state index < -0.39 is 0 Å². The third kappa shape index (κ3) is 4.30. The van der Waals surface area contributed by atoms with Crippen LogP contribution in [0.25, 0.3) is 6.08 Å². The summed E-state index contributed by atoms with van der Waals surface area (Å²) in [6, 6.07) is 9.71. The molecule has 1 aromatic rings. The van der Waals surface area contributed by atoms with Crippen molar-refractivity contribution in [1.29, 1.82) is 0 Å². The van der Waals surface area contributed by atoms with Crippen molar-refractivity contribution in [2.45, 2.75) is 32.8 Å². The molecule has 0 bridgehead atoms. The predicted molar refractivity (Wildman–Crippen MR) is 65.9 cm³/mol. The third-order valence-electron chi connectivity index (χ3n) is 2.40. The average molecular weight is 218 g/mol. The van der Waals surface area contributed by atoms with E-state index in [9.17, 15) is 4.79 Å². The molecule has 0 heterocycles. The van der Waals surface area contributed by atoms with E-state index in [2.05, 4.69) is 0 Å². The molecule has 0 unspecified atom stereocenters. The molecular weight excluding hydrogens is 200 g/mol. The lowest BCUT2D eigenvalue weighted by molar-refractivity contribution is -0.143. The largest absolute Gasteiger partial charge is 0.459 e. The quantitative estimate of drug-likeness (QED) is 0.559. The van der Waals surface area contributed by atoms with Crippen LogP contribution in [0.15, 0.2) is 36.4 Å². The van der Waals surface area contributed by atoms with E-state index in [1.165, 1.54) is 6.08 Å². The third-order valence-corrected chi connectivity index (χ3v) is 2.40.